The van der Waals surface area contributed by atoms with Crippen molar-refractivity contribution in [2.75, 3.05) is 0 Å². The first-order valence-electron chi connectivity index (χ1n) is 14.4. The van der Waals surface area contributed by atoms with Crippen LogP contribution in [0, 0.1) is 40.1 Å². The Balaban J connectivity index is 1.71. The summed E-state index contributed by atoms with van der Waals surface area (Å²) in [4.78, 5) is 11.2. The smallest absolute Gasteiger partial charge is 0.307 e. The number of hydrogen-bond donors (Lipinski definition) is 1. The van der Waals surface area contributed by atoms with Crippen LogP contribution in [0.15, 0.2) is 102 Å². The van der Waals surface area contributed by atoms with Gasteiger partial charge in [-0.15, -0.1) is 0 Å². The van der Waals surface area contributed by atoms with Crippen LogP contribution in [0.2, 0.25) is 0 Å². The zero-order chi connectivity index (χ0) is 35.0. The minimum absolute atomic E-state index is 0.00413. The zero-order valence-corrected chi connectivity index (χ0v) is 25.7. The molecule has 1 aromatic heterocycles. The van der Waals surface area contributed by atoms with Gasteiger partial charge >= 0.3 is 5.97 Å². The molecule has 0 radical (unpaired) electrons. The van der Waals surface area contributed by atoms with Gasteiger partial charge in [0.15, 0.2) is 11.0 Å². The quantitative estimate of drug-likeness (QED) is 0.162. The molecule has 0 bridgehead atoms. The van der Waals surface area contributed by atoms with Crippen molar-refractivity contribution in [1.82, 2.24) is 3.97 Å². The van der Waals surface area contributed by atoms with Gasteiger partial charge in [-0.3, -0.25) is 8.77 Å². The van der Waals surface area contributed by atoms with E-state index in [-0.39, 0.29) is 66.0 Å². The number of nitriles is 2. The Bertz CT molecular complexity index is 2360. The van der Waals surface area contributed by atoms with Crippen LogP contribution in [-0.2, 0) is 22.2 Å². The van der Waals surface area contributed by atoms with Crippen LogP contribution in [-0.4, -0.2) is 19.3 Å². The van der Waals surface area contributed by atoms with Crippen molar-refractivity contribution in [2.24, 2.45) is 0 Å². The average Bonchev–Trinajstić information content (AvgIpc) is 3.40. The Morgan fingerprint density at radius 3 is 1.98 bits per heavy atom. The van der Waals surface area contributed by atoms with Gasteiger partial charge in [0, 0.05) is 27.6 Å². The summed E-state index contributed by atoms with van der Waals surface area (Å²) in [6, 6.07) is 24.4. The minimum Gasteiger partial charge on any atom is -0.481 e. The molecule has 242 valence electrons. The van der Waals surface area contributed by atoms with Crippen molar-refractivity contribution < 1.29 is 36.1 Å². The van der Waals surface area contributed by atoms with Crippen molar-refractivity contribution >= 4 is 27.9 Å². The normalized spacial score (nSPS) is 11.8. The molecule has 0 spiro atoms. The van der Waals surface area contributed by atoms with Gasteiger partial charge in [0.1, 0.15) is 17.5 Å². The molecule has 6 rings (SSSR count). The van der Waals surface area contributed by atoms with Crippen molar-refractivity contribution in [2.45, 2.75) is 17.7 Å². The van der Waals surface area contributed by atoms with Gasteiger partial charge in [-0.1, -0.05) is 36.4 Å². The van der Waals surface area contributed by atoms with E-state index in [1.54, 1.807) is 0 Å². The van der Waals surface area contributed by atoms with Crippen LogP contribution < -0.4 is 0 Å². The van der Waals surface area contributed by atoms with Crippen LogP contribution in [0.3, 0.4) is 0 Å². The number of rotatable bonds is 8. The lowest BCUT2D eigenvalue weighted by Gasteiger charge is -2.15. The fourth-order valence-corrected chi connectivity index (χ4v) is 7.05. The first-order chi connectivity index (χ1) is 23.5. The molecule has 1 atom stereocenters. The molecule has 0 saturated carbocycles. The van der Waals surface area contributed by atoms with Gasteiger partial charge in [0.05, 0.1) is 51.4 Å². The maximum absolute atomic E-state index is 15.4. The average molecular weight is 682 g/mol. The molecule has 1 N–H and O–H groups in total. The van der Waals surface area contributed by atoms with Gasteiger partial charge in [-0.25, -0.2) is 26.2 Å². The highest BCUT2D eigenvalue weighted by atomic mass is 32.2. The molecule has 1 unspecified atom stereocenters. The number of carboxylic acid groups (broad SMARTS) is 1. The zero-order valence-electron chi connectivity index (χ0n) is 24.9. The summed E-state index contributed by atoms with van der Waals surface area (Å²) >= 11 is 0. The molecule has 0 saturated heterocycles. The Morgan fingerprint density at radius 2 is 1.39 bits per heavy atom. The molecule has 6 aromatic rings. The summed E-state index contributed by atoms with van der Waals surface area (Å²) in [7, 11) is -2.22. The van der Waals surface area contributed by atoms with E-state index >= 15 is 8.78 Å². The number of fused-ring (bicyclic) bond motifs is 1. The topological polar surface area (TPSA) is 107 Å². The third kappa shape index (κ3) is 6.06. The number of carbonyl (C=O) groups is 1. The maximum atomic E-state index is 15.4. The third-order valence-corrected chi connectivity index (χ3v) is 9.21. The maximum Gasteiger partial charge on any atom is 0.307 e. The molecular weight excluding hydrogens is 661 g/mol. The third-order valence-electron chi connectivity index (χ3n) is 7.82. The lowest BCUT2D eigenvalue weighted by atomic mass is 9.90. The number of aromatic nitrogens is 1. The number of carboxylic acids is 1. The van der Waals surface area contributed by atoms with Crippen LogP contribution in [0.25, 0.3) is 44.4 Å². The van der Waals surface area contributed by atoms with Crippen LogP contribution in [0.1, 0.15) is 28.7 Å². The fraction of sp³-hybridized carbons (Fsp3) is 0.0541. The van der Waals surface area contributed by atoms with E-state index in [9.17, 15) is 32.7 Å². The molecule has 0 aliphatic carbocycles. The van der Waals surface area contributed by atoms with Crippen LogP contribution in [0.4, 0.5) is 22.0 Å². The molecule has 0 aliphatic rings. The fourth-order valence-electron chi connectivity index (χ4n) is 5.77. The summed E-state index contributed by atoms with van der Waals surface area (Å²) in [5.74, 6) is -4.06. The number of nitrogens with zero attached hydrogens (tertiary/aromatic N) is 3. The molecule has 0 aliphatic heterocycles. The Hall–Kier alpha value is -6.11. The molecule has 6 nitrogen and oxygen atoms in total. The van der Waals surface area contributed by atoms with E-state index in [0.29, 0.717) is 0 Å². The minimum atomic E-state index is -2.78. The summed E-state index contributed by atoms with van der Waals surface area (Å²) in [5, 5.41) is 29.4. The van der Waals surface area contributed by atoms with Crippen LogP contribution >= 0.6 is 0 Å². The summed E-state index contributed by atoms with van der Waals surface area (Å²) in [6.07, 6.45) is -3.40. The van der Waals surface area contributed by atoms with Crippen molar-refractivity contribution in [3.8, 4) is 45.6 Å². The predicted octanol–water partition coefficient (Wildman–Crippen LogP) is 8.94. The number of benzene rings is 5. The highest BCUT2D eigenvalue weighted by Crippen LogP contribution is 2.45. The highest BCUT2D eigenvalue weighted by molar-refractivity contribution is 7.83. The van der Waals surface area contributed by atoms with Gasteiger partial charge in [-0.05, 0) is 71.8 Å². The van der Waals surface area contributed by atoms with Gasteiger partial charge in [0.2, 0.25) is 0 Å². The number of alkyl halides is 2. The predicted molar refractivity (Wildman–Crippen MR) is 172 cm³/mol. The second-order valence-corrected chi connectivity index (χ2v) is 12.2. The number of aliphatic carboxylic acids is 1. The molecule has 1 heterocycles. The first-order valence-corrected chi connectivity index (χ1v) is 15.5. The molecule has 0 amide bonds. The lowest BCUT2D eigenvalue weighted by molar-refractivity contribution is -0.136. The van der Waals surface area contributed by atoms with E-state index in [2.05, 4.69) is 0 Å². The summed E-state index contributed by atoms with van der Waals surface area (Å²) < 4.78 is 88.2. The molecule has 5 aromatic carbocycles. The second-order valence-electron chi connectivity index (χ2n) is 10.8. The van der Waals surface area contributed by atoms with E-state index in [1.807, 2.05) is 12.1 Å². The highest BCUT2D eigenvalue weighted by Gasteiger charge is 2.28. The largest absolute Gasteiger partial charge is 0.481 e. The standard InChI is InChI=1S/C37H20F5N3O3S/c38-26-9-12-31-28(17-26)35(33-24(18-43)5-2-6-25(33)19-44)36(45(31)49(48)27-10-7-21(8-11-27)37(41)42)23-4-1-3-22(16-23)34-29(39)13-20(14-30(34)40)15-32(46)47/h1-14,16-17,37H,15H2,(H,46,47). The molecule has 49 heavy (non-hydrogen) atoms. The second kappa shape index (κ2) is 13.2. The van der Waals surface area contributed by atoms with Gasteiger partial charge < -0.3 is 5.11 Å². The van der Waals surface area contributed by atoms with Crippen LogP contribution in [0.5, 0.6) is 0 Å². The molecule has 0 fully saturated rings. The molecule has 12 heteroatoms. The van der Waals surface area contributed by atoms with Crippen molar-refractivity contribution in [1.29, 1.82) is 10.5 Å². The van der Waals surface area contributed by atoms with Crippen molar-refractivity contribution in [3.05, 3.63) is 137 Å². The number of halogens is 5. The summed E-state index contributed by atoms with van der Waals surface area (Å²) in [6.45, 7) is 0. The monoisotopic (exact) mass is 681 g/mol. The van der Waals surface area contributed by atoms with E-state index in [0.717, 1.165) is 36.4 Å². The molecular formula is C37H20F5N3O3S. The number of hydrogen-bond acceptors (Lipinski definition) is 4. The van der Waals surface area contributed by atoms with E-state index < -0.39 is 52.8 Å². The SMILES string of the molecule is N#Cc1cccc(C#N)c1-c1c(-c2cccc(-c3c(F)cc(CC(=O)O)cc3F)c2)n(S(=O)c2ccc(C(F)F)cc2)c2ccc(F)cc12. The Kier molecular flexibility index (Phi) is 8.83. The lowest BCUT2D eigenvalue weighted by Crippen LogP contribution is -2.07. The van der Waals surface area contributed by atoms with Gasteiger partial charge in [-0.2, -0.15) is 10.5 Å². The Labute approximate surface area is 278 Å². The van der Waals surface area contributed by atoms with Crippen molar-refractivity contribution in [3.63, 3.8) is 0 Å². The first kappa shape index (κ1) is 32.8. The van der Waals surface area contributed by atoms with Gasteiger partial charge in [0.25, 0.3) is 6.43 Å². The van der Waals surface area contributed by atoms with E-state index in [1.165, 1.54) is 64.6 Å². The Morgan fingerprint density at radius 1 is 0.776 bits per heavy atom. The van der Waals surface area contributed by atoms with E-state index in [4.69, 9.17) is 5.11 Å². The summed E-state index contributed by atoms with van der Waals surface area (Å²) in [5.41, 5.74) is -0.192.